The first kappa shape index (κ1) is 14.1. The Balaban J connectivity index is 1.89. The Kier molecular flexibility index (Phi) is 3.94. The molecule has 0 radical (unpaired) electrons. The van der Waals surface area contributed by atoms with E-state index in [0.29, 0.717) is 24.3 Å². The number of amides is 1. The lowest BCUT2D eigenvalue weighted by molar-refractivity contribution is -0.116. The number of carbonyl (C=O) groups is 1. The van der Waals surface area contributed by atoms with Crippen LogP contribution in [0, 0.1) is 0 Å². The standard InChI is InChI=1S/C16H14BrNO3/c17-12-3-1-11(9-19)15(8-12)21-13-4-5-14-10(7-13)2-6-16(20)18-14/h1,3-5,7-8,19H,2,6,9H2,(H,18,20). The summed E-state index contributed by atoms with van der Waals surface area (Å²) in [5, 5.41) is 12.2. The highest BCUT2D eigenvalue weighted by molar-refractivity contribution is 9.10. The quantitative estimate of drug-likeness (QED) is 0.891. The minimum absolute atomic E-state index is 0.0470. The molecule has 1 amide bonds. The Labute approximate surface area is 130 Å². The maximum atomic E-state index is 11.3. The van der Waals surface area contributed by atoms with Crippen LogP contribution in [0.5, 0.6) is 11.5 Å². The summed E-state index contributed by atoms with van der Waals surface area (Å²) >= 11 is 3.40. The molecule has 1 aliphatic rings. The van der Waals surface area contributed by atoms with Crippen LogP contribution >= 0.6 is 15.9 Å². The maximum absolute atomic E-state index is 11.3. The number of fused-ring (bicyclic) bond motifs is 1. The van der Waals surface area contributed by atoms with Gasteiger partial charge in [0.1, 0.15) is 11.5 Å². The fourth-order valence-corrected chi connectivity index (χ4v) is 2.64. The molecule has 2 aromatic carbocycles. The molecule has 0 aromatic heterocycles. The summed E-state index contributed by atoms with van der Waals surface area (Å²) in [6.07, 6.45) is 1.21. The van der Waals surface area contributed by atoms with Crippen molar-refractivity contribution < 1.29 is 14.6 Å². The lowest BCUT2D eigenvalue weighted by Crippen LogP contribution is -2.18. The fraction of sp³-hybridized carbons (Fsp3) is 0.188. The summed E-state index contributed by atoms with van der Waals surface area (Å²) in [4.78, 5) is 11.3. The van der Waals surface area contributed by atoms with Gasteiger partial charge in [-0.2, -0.15) is 0 Å². The topological polar surface area (TPSA) is 58.6 Å². The molecule has 108 valence electrons. The van der Waals surface area contributed by atoms with Crippen LogP contribution in [0.25, 0.3) is 0 Å². The van der Waals surface area contributed by atoms with Gasteiger partial charge in [-0.05, 0) is 42.3 Å². The molecule has 2 N–H and O–H groups in total. The average Bonchev–Trinajstić information content (AvgIpc) is 2.48. The summed E-state index contributed by atoms with van der Waals surface area (Å²) < 4.78 is 6.76. The highest BCUT2D eigenvalue weighted by Crippen LogP contribution is 2.32. The van der Waals surface area contributed by atoms with Crippen molar-refractivity contribution in [3.05, 3.63) is 52.0 Å². The first-order chi connectivity index (χ1) is 10.2. The Morgan fingerprint density at radius 1 is 1.19 bits per heavy atom. The third kappa shape index (κ3) is 3.09. The molecule has 4 nitrogen and oxygen atoms in total. The average molecular weight is 348 g/mol. The molecule has 1 heterocycles. The monoisotopic (exact) mass is 347 g/mol. The summed E-state index contributed by atoms with van der Waals surface area (Å²) in [6.45, 7) is -0.0798. The van der Waals surface area contributed by atoms with E-state index in [4.69, 9.17) is 4.74 Å². The largest absolute Gasteiger partial charge is 0.457 e. The van der Waals surface area contributed by atoms with Gasteiger partial charge >= 0.3 is 0 Å². The molecule has 0 spiro atoms. The van der Waals surface area contributed by atoms with Gasteiger partial charge in [-0.1, -0.05) is 22.0 Å². The van der Waals surface area contributed by atoms with Gasteiger partial charge in [-0.25, -0.2) is 0 Å². The zero-order chi connectivity index (χ0) is 14.8. The number of carbonyl (C=O) groups excluding carboxylic acids is 1. The van der Waals surface area contributed by atoms with Crippen LogP contribution < -0.4 is 10.1 Å². The van der Waals surface area contributed by atoms with E-state index in [1.165, 1.54) is 0 Å². The van der Waals surface area contributed by atoms with E-state index in [0.717, 1.165) is 21.3 Å². The van der Waals surface area contributed by atoms with Gasteiger partial charge in [0.05, 0.1) is 6.61 Å². The van der Waals surface area contributed by atoms with E-state index < -0.39 is 0 Å². The molecule has 2 aromatic rings. The number of benzene rings is 2. The number of aliphatic hydroxyl groups excluding tert-OH is 1. The molecule has 0 saturated heterocycles. The summed E-state index contributed by atoms with van der Waals surface area (Å²) in [7, 11) is 0. The van der Waals surface area contributed by atoms with Crippen molar-refractivity contribution in [1.29, 1.82) is 0 Å². The predicted octanol–water partition coefficient (Wildman–Crippen LogP) is 3.62. The van der Waals surface area contributed by atoms with Crippen LogP contribution in [0.2, 0.25) is 0 Å². The third-order valence-electron chi connectivity index (χ3n) is 3.40. The van der Waals surface area contributed by atoms with E-state index >= 15 is 0 Å². The van der Waals surface area contributed by atoms with E-state index in [9.17, 15) is 9.90 Å². The van der Waals surface area contributed by atoms with Gasteiger partial charge in [0.15, 0.2) is 0 Å². The van der Waals surface area contributed by atoms with Crippen LogP contribution in [0.3, 0.4) is 0 Å². The highest BCUT2D eigenvalue weighted by atomic mass is 79.9. The Morgan fingerprint density at radius 3 is 2.86 bits per heavy atom. The van der Waals surface area contributed by atoms with Gasteiger partial charge < -0.3 is 15.2 Å². The molecule has 1 aliphatic heterocycles. The van der Waals surface area contributed by atoms with Gasteiger partial charge in [-0.3, -0.25) is 4.79 Å². The molecular weight excluding hydrogens is 334 g/mol. The lowest BCUT2D eigenvalue weighted by Gasteiger charge is -2.18. The molecule has 0 unspecified atom stereocenters. The van der Waals surface area contributed by atoms with Crippen molar-refractivity contribution in [2.45, 2.75) is 19.4 Å². The van der Waals surface area contributed by atoms with E-state index in [1.54, 1.807) is 0 Å². The predicted molar refractivity (Wildman–Crippen MR) is 83.5 cm³/mol. The number of ether oxygens (including phenoxy) is 1. The molecule has 3 rings (SSSR count). The minimum atomic E-state index is -0.0798. The van der Waals surface area contributed by atoms with E-state index in [2.05, 4.69) is 21.2 Å². The summed E-state index contributed by atoms with van der Waals surface area (Å²) in [5.74, 6) is 1.36. The van der Waals surface area contributed by atoms with Crippen molar-refractivity contribution in [3.63, 3.8) is 0 Å². The maximum Gasteiger partial charge on any atom is 0.224 e. The molecule has 0 saturated carbocycles. The van der Waals surface area contributed by atoms with Crippen molar-refractivity contribution in [2.75, 3.05) is 5.32 Å². The number of hydrogen-bond acceptors (Lipinski definition) is 3. The van der Waals surface area contributed by atoms with Crippen LogP contribution in [-0.2, 0) is 17.8 Å². The Hall–Kier alpha value is -1.85. The minimum Gasteiger partial charge on any atom is -0.457 e. The second kappa shape index (κ2) is 5.87. The third-order valence-corrected chi connectivity index (χ3v) is 3.89. The molecule has 0 bridgehead atoms. The van der Waals surface area contributed by atoms with Crippen LogP contribution in [0.15, 0.2) is 40.9 Å². The van der Waals surface area contributed by atoms with Gasteiger partial charge in [0, 0.05) is 22.1 Å². The summed E-state index contributed by atoms with van der Waals surface area (Å²) in [5.41, 5.74) is 2.63. The van der Waals surface area contributed by atoms with Crippen LogP contribution in [-0.4, -0.2) is 11.0 Å². The zero-order valence-electron chi connectivity index (χ0n) is 11.2. The Morgan fingerprint density at radius 2 is 2.05 bits per heavy atom. The number of aryl methyl sites for hydroxylation is 1. The number of hydrogen-bond donors (Lipinski definition) is 2. The number of nitrogens with one attached hydrogen (secondary N) is 1. The molecule has 21 heavy (non-hydrogen) atoms. The van der Waals surface area contributed by atoms with Gasteiger partial charge in [0.25, 0.3) is 0 Å². The first-order valence-corrected chi connectivity index (χ1v) is 7.45. The van der Waals surface area contributed by atoms with E-state index in [1.807, 2.05) is 36.4 Å². The van der Waals surface area contributed by atoms with Crippen LogP contribution in [0.1, 0.15) is 17.5 Å². The van der Waals surface area contributed by atoms with Crippen molar-refractivity contribution in [1.82, 2.24) is 0 Å². The SMILES string of the molecule is O=C1CCc2cc(Oc3cc(Br)ccc3CO)ccc2N1. The molecular formula is C16H14BrNO3. The highest BCUT2D eigenvalue weighted by Gasteiger charge is 2.15. The molecule has 0 atom stereocenters. The van der Waals surface area contributed by atoms with Gasteiger partial charge in [0.2, 0.25) is 5.91 Å². The first-order valence-electron chi connectivity index (χ1n) is 6.65. The number of halogens is 1. The van der Waals surface area contributed by atoms with E-state index in [-0.39, 0.29) is 12.5 Å². The lowest BCUT2D eigenvalue weighted by atomic mass is 10.0. The van der Waals surface area contributed by atoms with Crippen LogP contribution in [0.4, 0.5) is 5.69 Å². The normalized spacial score (nSPS) is 13.5. The number of rotatable bonds is 3. The zero-order valence-corrected chi connectivity index (χ0v) is 12.8. The van der Waals surface area contributed by atoms with Crippen molar-refractivity contribution >= 4 is 27.5 Å². The fourth-order valence-electron chi connectivity index (χ4n) is 2.30. The molecule has 5 heteroatoms. The van der Waals surface area contributed by atoms with Gasteiger partial charge in [-0.15, -0.1) is 0 Å². The van der Waals surface area contributed by atoms with Crippen molar-refractivity contribution in [2.24, 2.45) is 0 Å². The molecule has 0 aliphatic carbocycles. The number of aliphatic hydroxyl groups is 1. The van der Waals surface area contributed by atoms with Crippen molar-refractivity contribution in [3.8, 4) is 11.5 Å². The number of anilines is 1. The Bertz CT molecular complexity index is 700. The summed E-state index contributed by atoms with van der Waals surface area (Å²) in [6, 6.07) is 11.1. The second-order valence-electron chi connectivity index (χ2n) is 4.88. The smallest absolute Gasteiger partial charge is 0.224 e. The molecule has 0 fully saturated rings. The second-order valence-corrected chi connectivity index (χ2v) is 5.80.